The predicted octanol–water partition coefficient (Wildman–Crippen LogP) is 1.54. The molecule has 2 aliphatic rings. The van der Waals surface area contributed by atoms with Crippen molar-refractivity contribution in [1.29, 1.82) is 0 Å². The van der Waals surface area contributed by atoms with Crippen LogP contribution in [0.1, 0.15) is 30.4 Å². The summed E-state index contributed by atoms with van der Waals surface area (Å²) in [4.78, 5) is 0. The summed E-state index contributed by atoms with van der Waals surface area (Å²) < 4.78 is 29.0. The number of rotatable bonds is 4. The lowest BCUT2D eigenvalue weighted by Crippen LogP contribution is -2.42. The van der Waals surface area contributed by atoms with Crippen LogP contribution in [0.15, 0.2) is 18.2 Å². The van der Waals surface area contributed by atoms with Crippen LogP contribution in [-0.2, 0) is 23.1 Å². The van der Waals surface area contributed by atoms with Crippen molar-refractivity contribution in [1.82, 2.24) is 4.31 Å². The number of nitrogens with zero attached hydrogens (tertiary/aromatic N) is 1. The van der Waals surface area contributed by atoms with Gasteiger partial charge in [-0.1, -0.05) is 6.07 Å². The topological polar surface area (TPSA) is 69.6 Å². The van der Waals surface area contributed by atoms with Gasteiger partial charge in [0.2, 0.25) is 0 Å². The van der Waals surface area contributed by atoms with Gasteiger partial charge in [0, 0.05) is 19.7 Å². The lowest BCUT2D eigenvalue weighted by atomic mass is 10.00. The Labute approximate surface area is 126 Å². The third kappa shape index (κ3) is 3.22. The molecule has 1 aliphatic carbocycles. The predicted molar refractivity (Wildman–Crippen MR) is 82.4 cm³/mol. The molecule has 3 rings (SSSR count). The van der Waals surface area contributed by atoms with Crippen molar-refractivity contribution in [2.24, 2.45) is 5.92 Å². The van der Waals surface area contributed by atoms with E-state index in [4.69, 9.17) is 5.11 Å². The maximum atomic E-state index is 12.4. The summed E-state index contributed by atoms with van der Waals surface area (Å²) in [6, 6.07) is 5.83. The van der Waals surface area contributed by atoms with E-state index >= 15 is 0 Å². The van der Waals surface area contributed by atoms with Gasteiger partial charge < -0.3 is 5.11 Å². The number of aliphatic hydroxyl groups excluding tert-OH is 1. The van der Waals surface area contributed by atoms with E-state index in [-0.39, 0.29) is 12.5 Å². The molecule has 0 saturated carbocycles. The SMILES string of the molecule is O=S(=O)(Nc1ccc2c(c1)CCC2)N1CCC(CO)CC1. The van der Waals surface area contributed by atoms with Crippen molar-refractivity contribution in [2.45, 2.75) is 32.1 Å². The second-order valence-corrected chi connectivity index (χ2v) is 7.64. The number of fused-ring (bicyclic) bond motifs is 1. The second-order valence-electron chi connectivity index (χ2n) is 5.97. The molecule has 0 atom stereocenters. The van der Waals surface area contributed by atoms with Crippen molar-refractivity contribution in [3.05, 3.63) is 29.3 Å². The number of nitrogens with one attached hydrogen (secondary N) is 1. The summed E-state index contributed by atoms with van der Waals surface area (Å²) in [5.74, 6) is 0.233. The first-order valence-corrected chi connectivity index (χ1v) is 9.03. The molecule has 0 amide bonds. The smallest absolute Gasteiger partial charge is 0.301 e. The number of hydrogen-bond acceptors (Lipinski definition) is 3. The summed E-state index contributed by atoms with van der Waals surface area (Å²) in [5.41, 5.74) is 3.25. The number of aryl methyl sites for hydroxylation is 2. The molecule has 1 fully saturated rings. The highest BCUT2D eigenvalue weighted by Crippen LogP contribution is 2.26. The van der Waals surface area contributed by atoms with Gasteiger partial charge in [0.05, 0.1) is 5.69 Å². The van der Waals surface area contributed by atoms with E-state index in [1.165, 1.54) is 15.4 Å². The van der Waals surface area contributed by atoms with Crippen LogP contribution >= 0.6 is 0 Å². The van der Waals surface area contributed by atoms with E-state index in [0.717, 1.165) is 32.1 Å². The lowest BCUT2D eigenvalue weighted by molar-refractivity contribution is 0.170. The Morgan fingerprint density at radius 2 is 1.90 bits per heavy atom. The first-order chi connectivity index (χ1) is 10.1. The average Bonchev–Trinajstić information content (AvgIpc) is 2.94. The standard InChI is InChI=1S/C15H22N2O3S/c18-11-12-6-8-17(9-7-12)21(19,20)16-15-5-4-13-2-1-3-14(13)10-15/h4-5,10,12,16,18H,1-3,6-9,11H2. The zero-order valence-corrected chi connectivity index (χ0v) is 12.9. The third-order valence-electron chi connectivity index (χ3n) is 4.52. The number of hydrogen-bond donors (Lipinski definition) is 2. The van der Waals surface area contributed by atoms with Crippen molar-refractivity contribution in [3.63, 3.8) is 0 Å². The van der Waals surface area contributed by atoms with Crippen LogP contribution in [0.3, 0.4) is 0 Å². The summed E-state index contributed by atoms with van der Waals surface area (Å²) in [7, 11) is -3.48. The zero-order valence-electron chi connectivity index (χ0n) is 12.1. The molecule has 1 aromatic rings. The Kier molecular flexibility index (Phi) is 4.19. The summed E-state index contributed by atoms with van der Waals surface area (Å²) >= 11 is 0. The molecular formula is C15H22N2O3S. The van der Waals surface area contributed by atoms with Gasteiger partial charge in [0.1, 0.15) is 0 Å². The highest BCUT2D eigenvalue weighted by molar-refractivity contribution is 7.90. The molecule has 0 unspecified atom stereocenters. The highest BCUT2D eigenvalue weighted by atomic mass is 32.2. The first kappa shape index (κ1) is 14.8. The van der Waals surface area contributed by atoms with Crippen LogP contribution in [0.5, 0.6) is 0 Å². The minimum Gasteiger partial charge on any atom is -0.396 e. The fraction of sp³-hybridized carbons (Fsp3) is 0.600. The summed E-state index contributed by atoms with van der Waals surface area (Å²) in [6.45, 7) is 1.10. The van der Waals surface area contributed by atoms with Crippen LogP contribution in [0.2, 0.25) is 0 Å². The van der Waals surface area contributed by atoms with Gasteiger partial charge in [0.15, 0.2) is 0 Å². The van der Waals surface area contributed by atoms with Crippen molar-refractivity contribution >= 4 is 15.9 Å². The maximum Gasteiger partial charge on any atom is 0.301 e. The van der Waals surface area contributed by atoms with Gasteiger partial charge in [-0.05, 0) is 61.3 Å². The molecule has 2 N–H and O–H groups in total. The van der Waals surface area contributed by atoms with Crippen molar-refractivity contribution in [2.75, 3.05) is 24.4 Å². The van der Waals surface area contributed by atoms with Gasteiger partial charge in [-0.2, -0.15) is 12.7 Å². The van der Waals surface area contributed by atoms with Crippen LogP contribution in [-0.4, -0.2) is 37.5 Å². The molecule has 1 heterocycles. The number of piperidine rings is 1. The van der Waals surface area contributed by atoms with E-state index < -0.39 is 10.2 Å². The molecule has 0 bridgehead atoms. The van der Waals surface area contributed by atoms with E-state index in [2.05, 4.69) is 4.72 Å². The van der Waals surface area contributed by atoms with E-state index in [1.54, 1.807) is 0 Å². The average molecular weight is 310 g/mol. The van der Waals surface area contributed by atoms with Crippen LogP contribution in [0.4, 0.5) is 5.69 Å². The van der Waals surface area contributed by atoms with Gasteiger partial charge >= 0.3 is 10.2 Å². The molecule has 6 heteroatoms. The molecular weight excluding hydrogens is 288 g/mol. The van der Waals surface area contributed by atoms with Crippen molar-refractivity contribution in [3.8, 4) is 0 Å². The normalized spacial score (nSPS) is 20.4. The van der Waals surface area contributed by atoms with Gasteiger partial charge in [-0.3, -0.25) is 4.72 Å². The molecule has 0 aromatic heterocycles. The van der Waals surface area contributed by atoms with E-state index in [9.17, 15) is 8.42 Å². The maximum absolute atomic E-state index is 12.4. The second kappa shape index (κ2) is 5.94. The van der Waals surface area contributed by atoms with Gasteiger partial charge in [-0.25, -0.2) is 0 Å². The Morgan fingerprint density at radius 1 is 1.19 bits per heavy atom. The lowest BCUT2D eigenvalue weighted by Gasteiger charge is -2.30. The number of aliphatic hydroxyl groups is 1. The number of anilines is 1. The quantitative estimate of drug-likeness (QED) is 0.886. The van der Waals surface area contributed by atoms with E-state index in [1.807, 2.05) is 18.2 Å². The van der Waals surface area contributed by atoms with Crippen molar-refractivity contribution < 1.29 is 13.5 Å². The van der Waals surface area contributed by atoms with Gasteiger partial charge in [-0.15, -0.1) is 0 Å². The van der Waals surface area contributed by atoms with Crippen LogP contribution in [0.25, 0.3) is 0 Å². The molecule has 5 nitrogen and oxygen atoms in total. The Morgan fingerprint density at radius 3 is 2.62 bits per heavy atom. The first-order valence-electron chi connectivity index (χ1n) is 7.59. The Balaban J connectivity index is 1.69. The largest absolute Gasteiger partial charge is 0.396 e. The Bertz CT molecular complexity index is 607. The fourth-order valence-electron chi connectivity index (χ4n) is 3.18. The number of benzene rings is 1. The summed E-state index contributed by atoms with van der Waals surface area (Å²) in [6.07, 6.45) is 4.73. The molecule has 1 aromatic carbocycles. The summed E-state index contributed by atoms with van der Waals surface area (Å²) in [5, 5.41) is 9.12. The molecule has 1 saturated heterocycles. The monoisotopic (exact) mass is 310 g/mol. The van der Waals surface area contributed by atoms with Gasteiger partial charge in [0.25, 0.3) is 0 Å². The molecule has 0 spiro atoms. The molecule has 21 heavy (non-hydrogen) atoms. The fourth-order valence-corrected chi connectivity index (χ4v) is 4.43. The molecule has 1 aliphatic heterocycles. The van der Waals surface area contributed by atoms with Crippen LogP contribution in [0, 0.1) is 5.92 Å². The molecule has 0 radical (unpaired) electrons. The third-order valence-corrected chi connectivity index (χ3v) is 6.06. The highest BCUT2D eigenvalue weighted by Gasteiger charge is 2.27. The minimum absolute atomic E-state index is 0.145. The minimum atomic E-state index is -3.48. The van der Waals surface area contributed by atoms with Crippen LogP contribution < -0.4 is 4.72 Å². The van der Waals surface area contributed by atoms with E-state index in [0.29, 0.717) is 18.8 Å². The Hall–Kier alpha value is -1.11. The molecule has 116 valence electrons. The zero-order chi connectivity index (χ0) is 14.9.